The fraction of sp³-hybridized carbons (Fsp3) is 0.583. The Morgan fingerprint density at radius 1 is 1.04 bits per heavy atom. The van der Waals surface area contributed by atoms with Crippen molar-refractivity contribution in [2.75, 3.05) is 11.9 Å². The average molecular weight is 653 g/mol. The number of nitrogens with zero attached hydrogens (tertiary/aromatic N) is 4. The van der Waals surface area contributed by atoms with E-state index in [0.29, 0.717) is 34.0 Å². The van der Waals surface area contributed by atoms with E-state index in [9.17, 15) is 4.79 Å². The molecule has 2 bridgehead atoms. The number of esters is 1. The van der Waals surface area contributed by atoms with Crippen LogP contribution in [0.2, 0.25) is 0 Å². The van der Waals surface area contributed by atoms with Crippen molar-refractivity contribution in [1.82, 2.24) is 24.9 Å². The van der Waals surface area contributed by atoms with E-state index in [2.05, 4.69) is 29.1 Å². The lowest BCUT2D eigenvalue weighted by atomic mass is 9.61. The van der Waals surface area contributed by atoms with Gasteiger partial charge in [-0.05, 0) is 68.2 Å². The van der Waals surface area contributed by atoms with Crippen molar-refractivity contribution in [3.05, 3.63) is 41.4 Å². The average Bonchev–Trinajstić information content (AvgIpc) is 3.78. The quantitative estimate of drug-likeness (QED) is 0.103. The molecule has 0 aliphatic heterocycles. The van der Waals surface area contributed by atoms with Crippen molar-refractivity contribution < 1.29 is 16.8 Å². The molecule has 0 saturated heterocycles. The predicted octanol–water partition coefficient (Wildman–Crippen LogP) is 9.87. The van der Waals surface area contributed by atoms with Gasteiger partial charge in [-0.2, -0.15) is 0 Å². The minimum absolute atomic E-state index is 0. The van der Waals surface area contributed by atoms with Gasteiger partial charge in [-0.3, -0.25) is 4.79 Å². The van der Waals surface area contributed by atoms with E-state index in [1.54, 1.807) is 12.4 Å². The van der Waals surface area contributed by atoms with Gasteiger partial charge >= 0.3 is 5.97 Å². The lowest BCUT2D eigenvalue weighted by molar-refractivity contribution is -0.155. The smallest absolute Gasteiger partial charge is 0.311 e. The first-order valence-electron chi connectivity index (χ1n) is 17.4. The van der Waals surface area contributed by atoms with Gasteiger partial charge in [-0.1, -0.05) is 65.9 Å². The van der Waals surface area contributed by atoms with E-state index < -0.39 is 5.82 Å². The van der Waals surface area contributed by atoms with Crippen molar-refractivity contribution in [1.29, 1.82) is 0 Å². The second-order valence-electron chi connectivity index (χ2n) is 12.4. The van der Waals surface area contributed by atoms with Crippen LogP contribution >= 0.6 is 11.3 Å². The molecular formula is C36H53FN6O2S. The standard InChI is InChI=1S/C34H43FN6O2S.C2H6.2H2/c1-3-5-7-8-9-17-43-34(42)26-21-13-15-22(16-14-21)28(26)39-32-27(35)30(25-12-10-18-44-25)40-31(41-32)24-20-37-33-29(24)38-23(19-36-33)11-6-4-2;1-2;;/h10,12,18-22,26,28H,3-9,11,13-17H2,1-2H3,(H,36,37)(H,39,40,41);1-2H3;2*1H/t21?,22?,26-,28-;;;/m0.../s1. The minimum Gasteiger partial charge on any atom is -0.465 e. The number of aryl methyl sites for hydroxylation is 1. The van der Waals surface area contributed by atoms with Crippen molar-refractivity contribution in [3.63, 3.8) is 0 Å². The van der Waals surface area contributed by atoms with Crippen LogP contribution in [0, 0.1) is 23.6 Å². The fourth-order valence-corrected chi connectivity index (χ4v) is 7.65. The molecule has 4 aromatic heterocycles. The highest BCUT2D eigenvalue weighted by Crippen LogP contribution is 2.47. The summed E-state index contributed by atoms with van der Waals surface area (Å²) < 4.78 is 22.2. The zero-order chi connectivity index (χ0) is 32.5. The van der Waals surface area contributed by atoms with Gasteiger partial charge in [-0.25, -0.2) is 24.3 Å². The summed E-state index contributed by atoms with van der Waals surface area (Å²) in [6.07, 6.45) is 16.1. The largest absolute Gasteiger partial charge is 0.465 e. The molecule has 3 fully saturated rings. The molecule has 252 valence electrons. The lowest BCUT2D eigenvalue weighted by Gasteiger charge is -2.47. The molecule has 8 nitrogen and oxygen atoms in total. The molecule has 4 aromatic rings. The van der Waals surface area contributed by atoms with Crippen LogP contribution in [0.25, 0.3) is 33.1 Å². The molecule has 0 spiro atoms. The summed E-state index contributed by atoms with van der Waals surface area (Å²) in [5.74, 6) is 0.000759. The second-order valence-corrected chi connectivity index (χ2v) is 13.3. The van der Waals surface area contributed by atoms with E-state index in [0.717, 1.165) is 69.9 Å². The number of aromatic nitrogens is 5. The number of aromatic amines is 1. The van der Waals surface area contributed by atoms with Gasteiger partial charge in [0.2, 0.25) is 0 Å². The molecule has 4 heterocycles. The van der Waals surface area contributed by atoms with Crippen molar-refractivity contribution in [3.8, 4) is 22.0 Å². The summed E-state index contributed by atoms with van der Waals surface area (Å²) >= 11 is 1.43. The second kappa shape index (κ2) is 16.4. The third-order valence-corrected chi connectivity index (χ3v) is 10.2. The van der Waals surface area contributed by atoms with Crippen LogP contribution in [0.1, 0.15) is 107 Å². The van der Waals surface area contributed by atoms with E-state index in [1.165, 1.54) is 24.2 Å². The van der Waals surface area contributed by atoms with Crippen LogP contribution in [0.3, 0.4) is 0 Å². The van der Waals surface area contributed by atoms with Gasteiger partial charge < -0.3 is 15.0 Å². The van der Waals surface area contributed by atoms with E-state index in [-0.39, 0.29) is 44.1 Å². The molecule has 10 heteroatoms. The molecule has 7 rings (SSSR count). The molecule has 0 radical (unpaired) electrons. The number of hydrogen-bond donors (Lipinski definition) is 2. The Hall–Kier alpha value is -3.40. The third-order valence-electron chi connectivity index (χ3n) is 9.35. The molecule has 0 amide bonds. The topological polar surface area (TPSA) is 106 Å². The zero-order valence-electron chi connectivity index (χ0n) is 27.8. The first-order chi connectivity index (χ1) is 22.6. The Morgan fingerprint density at radius 2 is 1.80 bits per heavy atom. The highest BCUT2D eigenvalue weighted by molar-refractivity contribution is 7.13. The number of halogens is 1. The molecule has 3 aliphatic rings. The number of carbonyl (C=O) groups is 1. The van der Waals surface area contributed by atoms with Gasteiger partial charge in [-0.15, -0.1) is 11.3 Å². The summed E-state index contributed by atoms with van der Waals surface area (Å²) in [6.45, 7) is 8.79. The number of nitrogens with one attached hydrogen (secondary N) is 2. The fourth-order valence-electron chi connectivity index (χ4n) is 6.95. The zero-order valence-corrected chi connectivity index (χ0v) is 28.6. The first-order valence-corrected chi connectivity index (χ1v) is 18.3. The van der Waals surface area contributed by atoms with Crippen LogP contribution in [-0.4, -0.2) is 43.5 Å². The predicted molar refractivity (Wildman–Crippen MR) is 188 cm³/mol. The monoisotopic (exact) mass is 652 g/mol. The molecule has 46 heavy (non-hydrogen) atoms. The normalized spacial score (nSPS) is 20.4. The number of unbranched alkanes of at least 4 members (excludes halogenated alkanes) is 5. The first kappa shape index (κ1) is 33.9. The van der Waals surface area contributed by atoms with Crippen molar-refractivity contribution in [2.45, 2.75) is 111 Å². The summed E-state index contributed by atoms with van der Waals surface area (Å²) in [4.78, 5) is 36.4. The number of anilines is 1. The number of thiophene rings is 1. The summed E-state index contributed by atoms with van der Waals surface area (Å²) in [5, 5.41) is 5.37. The van der Waals surface area contributed by atoms with Gasteiger partial charge in [0.25, 0.3) is 0 Å². The van der Waals surface area contributed by atoms with Gasteiger partial charge in [0.05, 0.1) is 34.9 Å². The number of carbonyl (C=O) groups excluding carboxylic acids is 1. The maximum atomic E-state index is 16.3. The number of H-pyrrole nitrogens is 1. The Morgan fingerprint density at radius 3 is 2.54 bits per heavy atom. The number of fused-ring (bicyclic) bond motifs is 4. The third kappa shape index (κ3) is 7.59. The maximum absolute atomic E-state index is 16.3. The number of rotatable bonds is 14. The van der Waals surface area contributed by atoms with Crippen LogP contribution in [-0.2, 0) is 16.0 Å². The van der Waals surface area contributed by atoms with Gasteiger partial charge in [0.1, 0.15) is 11.2 Å². The van der Waals surface area contributed by atoms with E-state index >= 15 is 4.39 Å². The summed E-state index contributed by atoms with van der Waals surface area (Å²) in [5.41, 5.74) is 3.14. The molecule has 0 aromatic carbocycles. The Kier molecular flexibility index (Phi) is 12.1. The van der Waals surface area contributed by atoms with Crippen LogP contribution in [0.15, 0.2) is 29.9 Å². The van der Waals surface area contributed by atoms with Crippen LogP contribution < -0.4 is 5.32 Å². The highest BCUT2D eigenvalue weighted by Gasteiger charge is 2.48. The van der Waals surface area contributed by atoms with Gasteiger partial charge in [0, 0.05) is 15.1 Å². The van der Waals surface area contributed by atoms with E-state index in [1.807, 2.05) is 31.4 Å². The van der Waals surface area contributed by atoms with Crippen molar-refractivity contribution in [2.24, 2.45) is 17.8 Å². The van der Waals surface area contributed by atoms with Crippen LogP contribution in [0.5, 0.6) is 0 Å². The Balaban J connectivity index is 0.00000153. The lowest BCUT2D eigenvalue weighted by Crippen LogP contribution is -2.52. The Bertz CT molecular complexity index is 1560. The highest BCUT2D eigenvalue weighted by atomic mass is 32.1. The Labute approximate surface area is 279 Å². The van der Waals surface area contributed by atoms with Crippen molar-refractivity contribution >= 4 is 34.3 Å². The maximum Gasteiger partial charge on any atom is 0.311 e. The molecule has 0 unspecified atom stereocenters. The molecule has 2 N–H and O–H groups in total. The number of ether oxygens (including phenoxy) is 1. The summed E-state index contributed by atoms with van der Waals surface area (Å²) in [7, 11) is 0. The molecule has 3 aliphatic carbocycles. The molecular weight excluding hydrogens is 600 g/mol. The minimum atomic E-state index is -0.504. The van der Waals surface area contributed by atoms with E-state index in [4.69, 9.17) is 19.7 Å². The van der Waals surface area contributed by atoms with Gasteiger partial charge in [0.15, 0.2) is 23.1 Å². The SMILES string of the molecule is CC.CCCCCCCOC(=O)[C@H]1C2CCC(CC2)[C@@H]1Nc1nc(-c2c[nH]c3ncc(CCCC)nc23)nc(-c2cccs2)c1F.[HH].[HH]. The molecule has 2 atom stereocenters. The summed E-state index contributed by atoms with van der Waals surface area (Å²) in [6, 6.07) is 3.51. The number of hydrogen-bond acceptors (Lipinski definition) is 8. The molecule has 3 saturated carbocycles. The van der Waals surface area contributed by atoms with Crippen LogP contribution in [0.4, 0.5) is 10.2 Å².